The van der Waals surface area contributed by atoms with E-state index in [-0.39, 0.29) is 17.8 Å². The van der Waals surface area contributed by atoms with Gasteiger partial charge in [0.05, 0.1) is 19.6 Å². The largest absolute Gasteiger partial charge is 0.497 e. The van der Waals surface area contributed by atoms with Gasteiger partial charge in [0.25, 0.3) is 0 Å². The first kappa shape index (κ1) is 16.6. The summed E-state index contributed by atoms with van der Waals surface area (Å²) in [5, 5.41) is 3.46. The summed E-state index contributed by atoms with van der Waals surface area (Å²) in [4.78, 5) is 12.2. The van der Waals surface area contributed by atoms with Crippen molar-refractivity contribution in [3.63, 3.8) is 0 Å². The number of methoxy groups -OCH3 is 1. The van der Waals surface area contributed by atoms with Crippen LogP contribution in [-0.4, -0.2) is 32.3 Å². The number of hydrogen-bond acceptors (Lipinski definition) is 4. The average Bonchev–Trinajstić information content (AvgIpc) is 3.05. The van der Waals surface area contributed by atoms with E-state index in [0.29, 0.717) is 19.2 Å². The third-order valence-electron chi connectivity index (χ3n) is 4.68. The summed E-state index contributed by atoms with van der Waals surface area (Å²) in [5.41, 5.74) is 1.97. The number of allylic oxidation sites excluding steroid dienone is 1. The Morgan fingerprint density at radius 1 is 1.38 bits per heavy atom. The van der Waals surface area contributed by atoms with Crippen molar-refractivity contribution >= 4 is 5.97 Å². The second-order valence-electron chi connectivity index (χ2n) is 6.12. The Balaban J connectivity index is 1.83. The number of esters is 1. The summed E-state index contributed by atoms with van der Waals surface area (Å²) in [6.07, 6.45) is 4.21. The van der Waals surface area contributed by atoms with Crippen molar-refractivity contribution in [3.8, 4) is 17.6 Å². The molecule has 1 aromatic rings. The van der Waals surface area contributed by atoms with Gasteiger partial charge in [0, 0.05) is 29.6 Å². The summed E-state index contributed by atoms with van der Waals surface area (Å²) in [5.74, 6) is 7.17. The van der Waals surface area contributed by atoms with Gasteiger partial charge < -0.3 is 14.8 Å². The van der Waals surface area contributed by atoms with Crippen LogP contribution < -0.4 is 10.1 Å². The maximum absolute atomic E-state index is 12.2. The van der Waals surface area contributed by atoms with E-state index in [0.717, 1.165) is 29.7 Å². The van der Waals surface area contributed by atoms with Crippen molar-refractivity contribution in [2.24, 2.45) is 11.8 Å². The molecule has 4 nitrogen and oxygen atoms in total. The highest BCUT2D eigenvalue weighted by Crippen LogP contribution is 2.36. The van der Waals surface area contributed by atoms with Crippen LogP contribution in [0.1, 0.15) is 25.3 Å². The molecule has 0 amide bonds. The van der Waals surface area contributed by atoms with Gasteiger partial charge in [-0.1, -0.05) is 24.0 Å². The standard InChI is InChI=1S/C20H23NO3/c1-3-24-20(22)17-13-21-18-9-5-7-15(19(17)18)11-10-14-6-4-8-16(12-14)23-2/h4,6-8,12,17-19,21H,3,5,9,13H2,1-2H3. The van der Waals surface area contributed by atoms with Crippen molar-refractivity contribution in [3.05, 3.63) is 41.5 Å². The molecule has 1 aromatic carbocycles. The van der Waals surface area contributed by atoms with E-state index in [1.54, 1.807) is 7.11 Å². The van der Waals surface area contributed by atoms with Crippen LogP contribution >= 0.6 is 0 Å². The van der Waals surface area contributed by atoms with Crippen LogP contribution in [0.3, 0.4) is 0 Å². The minimum atomic E-state index is -0.138. The molecule has 126 valence electrons. The van der Waals surface area contributed by atoms with Gasteiger partial charge in [-0.05, 0) is 38.0 Å². The third kappa shape index (κ3) is 3.47. The Labute approximate surface area is 143 Å². The highest BCUT2D eigenvalue weighted by Gasteiger charge is 2.43. The zero-order valence-corrected chi connectivity index (χ0v) is 14.2. The van der Waals surface area contributed by atoms with Gasteiger partial charge in [0.1, 0.15) is 5.75 Å². The number of nitrogens with one attached hydrogen (secondary N) is 1. The lowest BCUT2D eigenvalue weighted by Gasteiger charge is -2.26. The normalized spacial score (nSPS) is 25.1. The van der Waals surface area contributed by atoms with Gasteiger partial charge in [-0.2, -0.15) is 0 Å². The molecule has 3 rings (SSSR count). The smallest absolute Gasteiger partial charge is 0.310 e. The van der Waals surface area contributed by atoms with Crippen LogP contribution in [0.2, 0.25) is 0 Å². The van der Waals surface area contributed by atoms with Crippen molar-refractivity contribution < 1.29 is 14.3 Å². The fourth-order valence-electron chi connectivity index (χ4n) is 3.54. The first-order chi connectivity index (χ1) is 11.7. The average molecular weight is 325 g/mol. The molecular formula is C20H23NO3. The van der Waals surface area contributed by atoms with Crippen LogP contribution in [0.4, 0.5) is 0 Å². The number of rotatable bonds is 3. The molecule has 1 saturated heterocycles. The second kappa shape index (κ2) is 7.55. The molecule has 1 heterocycles. The Bertz CT molecular complexity index is 698. The van der Waals surface area contributed by atoms with E-state index < -0.39 is 0 Å². The molecule has 2 aliphatic rings. The summed E-state index contributed by atoms with van der Waals surface area (Å²) in [7, 11) is 1.65. The zero-order chi connectivity index (χ0) is 16.9. The number of hydrogen-bond donors (Lipinski definition) is 1. The summed E-state index contributed by atoms with van der Waals surface area (Å²) < 4.78 is 10.5. The van der Waals surface area contributed by atoms with E-state index in [1.807, 2.05) is 31.2 Å². The van der Waals surface area contributed by atoms with Crippen molar-refractivity contribution in [1.29, 1.82) is 0 Å². The third-order valence-corrected chi connectivity index (χ3v) is 4.68. The van der Waals surface area contributed by atoms with E-state index in [1.165, 1.54) is 0 Å². The Hall–Kier alpha value is -2.25. The molecule has 0 bridgehead atoms. The number of fused-ring (bicyclic) bond motifs is 1. The first-order valence-electron chi connectivity index (χ1n) is 8.49. The minimum absolute atomic E-state index is 0.117. The van der Waals surface area contributed by atoms with Crippen molar-refractivity contribution in [2.75, 3.05) is 20.3 Å². The topological polar surface area (TPSA) is 47.6 Å². The van der Waals surface area contributed by atoms with Gasteiger partial charge in [0.15, 0.2) is 0 Å². The maximum Gasteiger partial charge on any atom is 0.310 e. The fourth-order valence-corrected chi connectivity index (χ4v) is 3.54. The Morgan fingerprint density at radius 2 is 2.25 bits per heavy atom. The van der Waals surface area contributed by atoms with Gasteiger partial charge >= 0.3 is 5.97 Å². The maximum atomic E-state index is 12.2. The zero-order valence-electron chi connectivity index (χ0n) is 14.2. The van der Waals surface area contributed by atoms with Crippen LogP contribution in [0, 0.1) is 23.7 Å². The van der Waals surface area contributed by atoms with E-state index in [9.17, 15) is 4.79 Å². The molecule has 1 N–H and O–H groups in total. The van der Waals surface area contributed by atoms with Gasteiger partial charge in [-0.25, -0.2) is 0 Å². The SMILES string of the molecule is CCOC(=O)C1CNC2CCC=C(C#Cc3cccc(OC)c3)C21. The quantitative estimate of drug-likeness (QED) is 0.685. The van der Waals surface area contributed by atoms with Crippen LogP contribution in [0.5, 0.6) is 5.75 Å². The van der Waals surface area contributed by atoms with Crippen LogP contribution in [0.25, 0.3) is 0 Å². The molecule has 1 aliphatic carbocycles. The predicted molar refractivity (Wildman–Crippen MR) is 92.6 cm³/mol. The fraction of sp³-hybridized carbons (Fsp3) is 0.450. The van der Waals surface area contributed by atoms with Gasteiger partial charge in [0.2, 0.25) is 0 Å². The van der Waals surface area contributed by atoms with Crippen LogP contribution in [-0.2, 0) is 9.53 Å². The first-order valence-corrected chi connectivity index (χ1v) is 8.49. The molecular weight excluding hydrogens is 302 g/mol. The molecule has 3 atom stereocenters. The molecule has 3 unspecified atom stereocenters. The van der Waals surface area contributed by atoms with Gasteiger partial charge in [-0.3, -0.25) is 4.79 Å². The molecule has 24 heavy (non-hydrogen) atoms. The van der Waals surface area contributed by atoms with E-state index >= 15 is 0 Å². The van der Waals surface area contributed by atoms with Crippen LogP contribution in [0.15, 0.2) is 35.9 Å². The number of carbonyl (C=O) groups is 1. The van der Waals surface area contributed by atoms with E-state index in [4.69, 9.17) is 9.47 Å². The molecule has 0 saturated carbocycles. The lowest BCUT2D eigenvalue weighted by atomic mass is 9.78. The minimum Gasteiger partial charge on any atom is -0.497 e. The summed E-state index contributed by atoms with van der Waals surface area (Å²) in [6, 6.07) is 8.03. The predicted octanol–water partition coefficient (Wildman–Crippen LogP) is 2.53. The summed E-state index contributed by atoms with van der Waals surface area (Å²) in [6.45, 7) is 2.94. The Morgan fingerprint density at radius 3 is 3.04 bits per heavy atom. The molecule has 4 heteroatoms. The van der Waals surface area contributed by atoms with Crippen molar-refractivity contribution in [2.45, 2.75) is 25.8 Å². The summed E-state index contributed by atoms with van der Waals surface area (Å²) >= 11 is 0. The van der Waals surface area contributed by atoms with E-state index in [2.05, 4.69) is 23.2 Å². The highest BCUT2D eigenvalue weighted by atomic mass is 16.5. The monoisotopic (exact) mass is 325 g/mol. The number of benzene rings is 1. The Kier molecular flexibility index (Phi) is 5.22. The molecule has 0 spiro atoms. The number of carbonyl (C=O) groups excluding carboxylic acids is 1. The molecule has 1 aliphatic heterocycles. The lowest BCUT2D eigenvalue weighted by Crippen LogP contribution is -2.32. The lowest BCUT2D eigenvalue weighted by molar-refractivity contribution is -0.148. The molecule has 0 radical (unpaired) electrons. The van der Waals surface area contributed by atoms with Crippen molar-refractivity contribution in [1.82, 2.24) is 5.32 Å². The number of ether oxygens (including phenoxy) is 2. The molecule has 1 fully saturated rings. The van der Waals surface area contributed by atoms with Gasteiger partial charge in [-0.15, -0.1) is 0 Å². The highest BCUT2D eigenvalue weighted by molar-refractivity contribution is 5.75. The molecule has 0 aromatic heterocycles. The second-order valence-corrected chi connectivity index (χ2v) is 6.12.